The maximum absolute atomic E-state index is 10.6. The molecule has 1 aliphatic carbocycles. The Balaban J connectivity index is 2.44. The number of aliphatic hydroxyl groups is 1. The molecule has 0 heterocycles. The van der Waals surface area contributed by atoms with Gasteiger partial charge in [-0.2, -0.15) is 0 Å². The highest BCUT2D eigenvalue weighted by molar-refractivity contribution is 5.76. The predicted octanol–water partition coefficient (Wildman–Crippen LogP) is 4.61. The maximum atomic E-state index is 10.6. The Kier molecular flexibility index (Phi) is 4.49. The molecular weight excluding hydrogens is 244 g/mol. The van der Waals surface area contributed by atoms with E-state index in [4.69, 9.17) is 0 Å². The second-order valence-corrected chi connectivity index (χ2v) is 6.55. The van der Waals surface area contributed by atoms with Gasteiger partial charge in [0.2, 0.25) is 0 Å². The van der Waals surface area contributed by atoms with Gasteiger partial charge < -0.3 is 5.11 Å². The third-order valence-electron chi connectivity index (χ3n) is 4.22. The highest BCUT2D eigenvalue weighted by Gasteiger charge is 2.29. The van der Waals surface area contributed by atoms with Crippen LogP contribution in [0.5, 0.6) is 0 Å². The Labute approximate surface area is 123 Å². The van der Waals surface area contributed by atoms with Crippen LogP contribution < -0.4 is 0 Å². The first-order chi connectivity index (χ1) is 9.40. The Bertz CT molecular complexity index is 517. The van der Waals surface area contributed by atoms with Crippen LogP contribution in [0.15, 0.2) is 42.0 Å². The summed E-state index contributed by atoms with van der Waals surface area (Å²) in [6.45, 7) is 10.8. The van der Waals surface area contributed by atoms with Crippen molar-refractivity contribution in [2.24, 2.45) is 17.8 Å². The van der Waals surface area contributed by atoms with E-state index in [9.17, 15) is 5.11 Å². The molecule has 1 nitrogen and oxygen atoms in total. The fourth-order valence-corrected chi connectivity index (χ4v) is 2.82. The van der Waals surface area contributed by atoms with Gasteiger partial charge in [-0.05, 0) is 35.5 Å². The normalized spacial score (nSPS) is 23.0. The van der Waals surface area contributed by atoms with E-state index in [-0.39, 0.29) is 12.0 Å². The molecule has 0 saturated carbocycles. The molecule has 1 N–H and O–H groups in total. The van der Waals surface area contributed by atoms with Crippen molar-refractivity contribution in [1.82, 2.24) is 0 Å². The SMILES string of the molecule is Cc1ccc(C2=CC(C(C)C)C(O)C(C(C)C)=C2)cc1. The Morgan fingerprint density at radius 3 is 2.10 bits per heavy atom. The molecule has 2 unspecified atom stereocenters. The highest BCUT2D eigenvalue weighted by Crippen LogP contribution is 2.35. The zero-order valence-corrected chi connectivity index (χ0v) is 13.2. The summed E-state index contributed by atoms with van der Waals surface area (Å²) in [6, 6.07) is 8.64. The molecule has 1 aromatic rings. The predicted molar refractivity (Wildman–Crippen MR) is 86.4 cm³/mol. The van der Waals surface area contributed by atoms with Crippen molar-refractivity contribution in [3.63, 3.8) is 0 Å². The first-order valence-corrected chi connectivity index (χ1v) is 7.58. The molecule has 20 heavy (non-hydrogen) atoms. The molecule has 2 rings (SSSR count). The summed E-state index contributed by atoms with van der Waals surface area (Å²) in [4.78, 5) is 0. The second kappa shape index (κ2) is 5.97. The Morgan fingerprint density at radius 1 is 1.00 bits per heavy atom. The molecule has 0 aromatic heterocycles. The van der Waals surface area contributed by atoms with Gasteiger partial charge in [0.15, 0.2) is 0 Å². The largest absolute Gasteiger partial charge is 0.388 e. The van der Waals surface area contributed by atoms with Crippen LogP contribution in [0.4, 0.5) is 0 Å². The lowest BCUT2D eigenvalue weighted by Crippen LogP contribution is -2.30. The molecule has 0 radical (unpaired) electrons. The molecule has 0 saturated heterocycles. The number of allylic oxidation sites excluding steroid dienone is 2. The quantitative estimate of drug-likeness (QED) is 0.850. The molecule has 0 amide bonds. The molecule has 1 aromatic carbocycles. The smallest absolute Gasteiger partial charge is 0.0821 e. The van der Waals surface area contributed by atoms with Crippen molar-refractivity contribution in [1.29, 1.82) is 0 Å². The molecule has 1 heteroatoms. The molecule has 0 spiro atoms. The van der Waals surface area contributed by atoms with Crippen molar-refractivity contribution in [3.05, 3.63) is 53.1 Å². The number of aryl methyl sites for hydroxylation is 1. The first kappa shape index (κ1) is 15.1. The van der Waals surface area contributed by atoms with Gasteiger partial charge in [-0.3, -0.25) is 0 Å². The van der Waals surface area contributed by atoms with Gasteiger partial charge in [0.25, 0.3) is 0 Å². The van der Waals surface area contributed by atoms with E-state index in [1.807, 2.05) is 0 Å². The summed E-state index contributed by atoms with van der Waals surface area (Å²) < 4.78 is 0. The van der Waals surface area contributed by atoms with E-state index in [0.717, 1.165) is 5.57 Å². The van der Waals surface area contributed by atoms with E-state index in [0.29, 0.717) is 11.8 Å². The average molecular weight is 270 g/mol. The van der Waals surface area contributed by atoms with Gasteiger partial charge >= 0.3 is 0 Å². The van der Waals surface area contributed by atoms with Crippen LogP contribution in [0.1, 0.15) is 38.8 Å². The molecular formula is C19H26O. The summed E-state index contributed by atoms with van der Waals surface area (Å²) in [5, 5.41) is 10.6. The minimum atomic E-state index is -0.343. The third kappa shape index (κ3) is 3.04. The number of benzene rings is 1. The van der Waals surface area contributed by atoms with Crippen molar-refractivity contribution in [3.8, 4) is 0 Å². The van der Waals surface area contributed by atoms with Gasteiger partial charge in [0.1, 0.15) is 0 Å². The van der Waals surface area contributed by atoms with E-state index in [1.54, 1.807) is 0 Å². The highest BCUT2D eigenvalue weighted by atomic mass is 16.3. The topological polar surface area (TPSA) is 20.2 Å². The van der Waals surface area contributed by atoms with Gasteiger partial charge in [-0.15, -0.1) is 0 Å². The number of aliphatic hydroxyl groups excluding tert-OH is 1. The van der Waals surface area contributed by atoms with Crippen molar-refractivity contribution in [2.75, 3.05) is 0 Å². The number of rotatable bonds is 3. The molecule has 2 atom stereocenters. The Hall–Kier alpha value is -1.34. The lowest BCUT2D eigenvalue weighted by atomic mass is 9.76. The van der Waals surface area contributed by atoms with Crippen LogP contribution in [0.2, 0.25) is 0 Å². The number of hydrogen-bond donors (Lipinski definition) is 1. The van der Waals surface area contributed by atoms with Crippen molar-refractivity contribution in [2.45, 2.75) is 40.7 Å². The van der Waals surface area contributed by atoms with Crippen molar-refractivity contribution < 1.29 is 5.11 Å². The van der Waals surface area contributed by atoms with Crippen LogP contribution in [0, 0.1) is 24.7 Å². The van der Waals surface area contributed by atoms with E-state index in [2.05, 4.69) is 71.0 Å². The fourth-order valence-electron chi connectivity index (χ4n) is 2.82. The summed E-state index contributed by atoms with van der Waals surface area (Å²) in [5.41, 5.74) is 4.92. The summed E-state index contributed by atoms with van der Waals surface area (Å²) >= 11 is 0. The minimum Gasteiger partial charge on any atom is -0.388 e. The van der Waals surface area contributed by atoms with Crippen LogP contribution in [-0.4, -0.2) is 11.2 Å². The minimum absolute atomic E-state index is 0.203. The molecule has 0 aliphatic heterocycles. The van der Waals surface area contributed by atoms with Crippen LogP contribution in [-0.2, 0) is 0 Å². The first-order valence-electron chi connectivity index (χ1n) is 7.58. The number of hydrogen-bond acceptors (Lipinski definition) is 1. The monoisotopic (exact) mass is 270 g/mol. The zero-order valence-electron chi connectivity index (χ0n) is 13.2. The second-order valence-electron chi connectivity index (χ2n) is 6.55. The third-order valence-corrected chi connectivity index (χ3v) is 4.22. The molecule has 1 aliphatic rings. The molecule has 0 bridgehead atoms. The summed E-state index contributed by atoms with van der Waals surface area (Å²) in [7, 11) is 0. The van der Waals surface area contributed by atoms with Crippen LogP contribution >= 0.6 is 0 Å². The van der Waals surface area contributed by atoms with Crippen LogP contribution in [0.3, 0.4) is 0 Å². The van der Waals surface area contributed by atoms with E-state index in [1.165, 1.54) is 16.7 Å². The fraction of sp³-hybridized carbons (Fsp3) is 0.474. The summed E-state index contributed by atoms with van der Waals surface area (Å²) in [6.07, 6.45) is 4.08. The molecule has 108 valence electrons. The zero-order chi connectivity index (χ0) is 14.9. The Morgan fingerprint density at radius 2 is 1.60 bits per heavy atom. The van der Waals surface area contributed by atoms with Gasteiger partial charge in [0.05, 0.1) is 6.10 Å². The molecule has 0 fully saturated rings. The van der Waals surface area contributed by atoms with Crippen LogP contribution in [0.25, 0.3) is 5.57 Å². The maximum Gasteiger partial charge on any atom is 0.0821 e. The average Bonchev–Trinajstić information content (AvgIpc) is 2.39. The lowest BCUT2D eigenvalue weighted by molar-refractivity contribution is 0.130. The lowest BCUT2D eigenvalue weighted by Gasteiger charge is -2.32. The van der Waals surface area contributed by atoms with Gasteiger partial charge in [0, 0.05) is 5.92 Å². The van der Waals surface area contributed by atoms with E-state index < -0.39 is 0 Å². The van der Waals surface area contributed by atoms with Gasteiger partial charge in [-0.1, -0.05) is 69.7 Å². The van der Waals surface area contributed by atoms with E-state index >= 15 is 0 Å². The van der Waals surface area contributed by atoms with Gasteiger partial charge in [-0.25, -0.2) is 0 Å². The standard InChI is InChI=1S/C19H26O/c1-12(2)17-10-16(11-18(13(3)4)19(17)20)15-8-6-14(5)7-9-15/h6-13,17,19-20H,1-5H3. The summed E-state index contributed by atoms with van der Waals surface area (Å²) in [5.74, 6) is 1.02. The van der Waals surface area contributed by atoms with Crippen molar-refractivity contribution >= 4 is 5.57 Å².